The van der Waals surface area contributed by atoms with E-state index in [-0.39, 0.29) is 11.9 Å². The van der Waals surface area contributed by atoms with Gasteiger partial charge in [-0.25, -0.2) is 4.98 Å². The molecule has 1 rings (SSSR count). The van der Waals surface area contributed by atoms with E-state index in [0.717, 1.165) is 0 Å². The number of anilines is 1. The second-order valence-corrected chi connectivity index (χ2v) is 3.59. The maximum atomic E-state index is 12.8. The lowest BCUT2D eigenvalue weighted by Crippen LogP contribution is -2.38. The fourth-order valence-electron chi connectivity index (χ4n) is 1.29. The first kappa shape index (κ1) is 12.4. The number of nitrogens with one attached hydrogen (secondary N) is 1. The van der Waals surface area contributed by atoms with Crippen LogP contribution in [0.15, 0.2) is 18.3 Å². The number of carbonyl (C=O) groups excluding carboxylic acids is 1. The number of aromatic nitrogens is 1. The SMILES string of the molecule is CCN(C)C(=O)C(C)Nc1ccnc(F)c1. The Balaban J connectivity index is 2.64. The minimum atomic E-state index is -0.562. The van der Waals surface area contributed by atoms with Crippen LogP contribution in [-0.2, 0) is 4.79 Å². The topological polar surface area (TPSA) is 45.2 Å². The summed E-state index contributed by atoms with van der Waals surface area (Å²) < 4.78 is 12.8. The molecule has 0 radical (unpaired) electrons. The van der Waals surface area contributed by atoms with E-state index in [4.69, 9.17) is 0 Å². The van der Waals surface area contributed by atoms with Gasteiger partial charge in [-0.1, -0.05) is 0 Å². The van der Waals surface area contributed by atoms with E-state index in [1.807, 2.05) is 6.92 Å². The highest BCUT2D eigenvalue weighted by molar-refractivity contribution is 5.83. The minimum absolute atomic E-state index is 0.0280. The highest BCUT2D eigenvalue weighted by atomic mass is 19.1. The normalized spacial score (nSPS) is 12.0. The van der Waals surface area contributed by atoms with Gasteiger partial charge >= 0.3 is 0 Å². The van der Waals surface area contributed by atoms with E-state index >= 15 is 0 Å². The van der Waals surface area contributed by atoms with Gasteiger partial charge in [0.25, 0.3) is 0 Å². The molecule has 16 heavy (non-hydrogen) atoms. The third-order valence-corrected chi connectivity index (χ3v) is 2.33. The molecule has 0 aliphatic heterocycles. The molecule has 0 saturated carbocycles. The van der Waals surface area contributed by atoms with Crippen molar-refractivity contribution in [2.45, 2.75) is 19.9 Å². The summed E-state index contributed by atoms with van der Waals surface area (Å²) in [5, 5.41) is 2.93. The number of amides is 1. The summed E-state index contributed by atoms with van der Waals surface area (Å²) in [6.45, 7) is 4.29. The van der Waals surface area contributed by atoms with Crippen molar-refractivity contribution in [3.63, 3.8) is 0 Å². The maximum absolute atomic E-state index is 12.8. The van der Waals surface area contributed by atoms with Gasteiger partial charge in [-0.15, -0.1) is 0 Å². The van der Waals surface area contributed by atoms with Gasteiger partial charge in [0.1, 0.15) is 6.04 Å². The summed E-state index contributed by atoms with van der Waals surface area (Å²) in [5.41, 5.74) is 0.554. The average Bonchev–Trinajstić information content (AvgIpc) is 2.27. The molecule has 0 aliphatic rings. The summed E-state index contributed by atoms with van der Waals surface area (Å²) in [4.78, 5) is 16.8. The number of rotatable bonds is 4. The Morgan fingerprint density at radius 2 is 2.38 bits per heavy atom. The van der Waals surface area contributed by atoms with Crippen LogP contribution in [0.2, 0.25) is 0 Å². The van der Waals surface area contributed by atoms with E-state index in [0.29, 0.717) is 12.2 Å². The molecule has 1 unspecified atom stereocenters. The molecule has 0 aromatic carbocycles. The third kappa shape index (κ3) is 3.18. The van der Waals surface area contributed by atoms with Crippen molar-refractivity contribution in [1.29, 1.82) is 0 Å². The largest absolute Gasteiger partial charge is 0.374 e. The van der Waals surface area contributed by atoms with Gasteiger partial charge in [-0.2, -0.15) is 4.39 Å². The number of pyridine rings is 1. The molecule has 0 spiro atoms. The first-order chi connectivity index (χ1) is 7.54. The molecule has 1 amide bonds. The zero-order valence-corrected chi connectivity index (χ0v) is 9.70. The van der Waals surface area contributed by atoms with Gasteiger partial charge in [0, 0.05) is 31.5 Å². The van der Waals surface area contributed by atoms with E-state index in [9.17, 15) is 9.18 Å². The van der Waals surface area contributed by atoms with Crippen LogP contribution in [0.1, 0.15) is 13.8 Å². The third-order valence-electron chi connectivity index (χ3n) is 2.33. The van der Waals surface area contributed by atoms with Crippen molar-refractivity contribution in [3.05, 3.63) is 24.3 Å². The Morgan fingerprint density at radius 3 is 2.94 bits per heavy atom. The van der Waals surface area contributed by atoms with E-state index in [1.165, 1.54) is 12.3 Å². The summed E-state index contributed by atoms with van der Waals surface area (Å²) in [5.74, 6) is -0.590. The lowest BCUT2D eigenvalue weighted by atomic mass is 10.2. The zero-order valence-electron chi connectivity index (χ0n) is 9.70. The first-order valence-corrected chi connectivity index (χ1v) is 5.17. The fraction of sp³-hybridized carbons (Fsp3) is 0.455. The Hall–Kier alpha value is -1.65. The minimum Gasteiger partial charge on any atom is -0.374 e. The van der Waals surface area contributed by atoms with Gasteiger partial charge in [0.05, 0.1) is 0 Å². The van der Waals surface area contributed by atoms with Crippen molar-refractivity contribution in [3.8, 4) is 0 Å². The molecule has 0 aliphatic carbocycles. The molecule has 1 atom stereocenters. The highest BCUT2D eigenvalue weighted by Crippen LogP contribution is 2.09. The van der Waals surface area contributed by atoms with Crippen LogP contribution in [0, 0.1) is 5.95 Å². The molecule has 0 bridgehead atoms. The van der Waals surface area contributed by atoms with Crippen LogP contribution in [-0.4, -0.2) is 35.4 Å². The van der Waals surface area contributed by atoms with Gasteiger partial charge in [0.15, 0.2) is 0 Å². The van der Waals surface area contributed by atoms with Crippen molar-refractivity contribution >= 4 is 11.6 Å². The second kappa shape index (κ2) is 5.44. The summed E-state index contributed by atoms with van der Waals surface area (Å²) in [6.07, 6.45) is 1.36. The lowest BCUT2D eigenvalue weighted by Gasteiger charge is -2.21. The van der Waals surface area contributed by atoms with E-state index in [1.54, 1.807) is 24.9 Å². The summed E-state index contributed by atoms with van der Waals surface area (Å²) in [7, 11) is 1.73. The Kier molecular flexibility index (Phi) is 4.22. The van der Waals surface area contributed by atoms with Crippen LogP contribution >= 0.6 is 0 Å². The van der Waals surface area contributed by atoms with Crippen LogP contribution in [0.3, 0.4) is 0 Å². The number of nitrogens with zero attached hydrogens (tertiary/aromatic N) is 2. The Morgan fingerprint density at radius 1 is 1.69 bits per heavy atom. The van der Waals surface area contributed by atoms with Crippen LogP contribution in [0.4, 0.5) is 10.1 Å². The molecule has 88 valence electrons. The Labute approximate surface area is 94.5 Å². The predicted molar refractivity (Wildman–Crippen MR) is 60.6 cm³/mol. The number of halogens is 1. The van der Waals surface area contributed by atoms with Crippen LogP contribution in [0.5, 0.6) is 0 Å². The lowest BCUT2D eigenvalue weighted by molar-refractivity contribution is -0.130. The van der Waals surface area contributed by atoms with Gasteiger partial charge < -0.3 is 10.2 Å². The standard InChI is InChI=1S/C11H16FN3O/c1-4-15(3)11(16)8(2)14-9-5-6-13-10(12)7-9/h5-8H,4H2,1-3H3,(H,13,14). The predicted octanol–water partition coefficient (Wildman–Crippen LogP) is 1.50. The van der Waals surface area contributed by atoms with Gasteiger partial charge in [0.2, 0.25) is 11.9 Å². The number of likely N-dealkylation sites (N-methyl/N-ethyl adjacent to an activating group) is 1. The van der Waals surface area contributed by atoms with Crippen LogP contribution < -0.4 is 5.32 Å². The number of carbonyl (C=O) groups is 1. The second-order valence-electron chi connectivity index (χ2n) is 3.59. The molecule has 5 heteroatoms. The monoisotopic (exact) mass is 225 g/mol. The number of hydrogen-bond donors (Lipinski definition) is 1. The van der Waals surface area contributed by atoms with Crippen molar-refractivity contribution in [2.24, 2.45) is 0 Å². The molecular weight excluding hydrogens is 209 g/mol. The first-order valence-electron chi connectivity index (χ1n) is 5.17. The van der Waals surface area contributed by atoms with E-state index < -0.39 is 5.95 Å². The molecule has 0 fully saturated rings. The molecular formula is C11H16FN3O. The van der Waals surface area contributed by atoms with Crippen molar-refractivity contribution in [1.82, 2.24) is 9.88 Å². The Bertz CT molecular complexity index is 370. The molecule has 0 saturated heterocycles. The fourth-order valence-corrected chi connectivity index (χ4v) is 1.29. The highest BCUT2D eigenvalue weighted by Gasteiger charge is 2.15. The molecule has 4 nitrogen and oxygen atoms in total. The number of hydrogen-bond acceptors (Lipinski definition) is 3. The van der Waals surface area contributed by atoms with Gasteiger partial charge in [-0.05, 0) is 19.9 Å². The van der Waals surface area contributed by atoms with Gasteiger partial charge in [-0.3, -0.25) is 4.79 Å². The quantitative estimate of drug-likeness (QED) is 0.790. The zero-order chi connectivity index (χ0) is 12.1. The van der Waals surface area contributed by atoms with Crippen LogP contribution in [0.25, 0.3) is 0 Å². The molecule has 1 heterocycles. The van der Waals surface area contributed by atoms with Crippen molar-refractivity contribution in [2.75, 3.05) is 18.9 Å². The molecule has 1 aromatic rings. The summed E-state index contributed by atoms with van der Waals surface area (Å²) >= 11 is 0. The van der Waals surface area contributed by atoms with E-state index in [2.05, 4.69) is 10.3 Å². The average molecular weight is 225 g/mol. The molecule has 1 aromatic heterocycles. The maximum Gasteiger partial charge on any atom is 0.244 e. The molecule has 1 N–H and O–H groups in total. The van der Waals surface area contributed by atoms with Crippen molar-refractivity contribution < 1.29 is 9.18 Å². The smallest absolute Gasteiger partial charge is 0.244 e. The summed E-state index contributed by atoms with van der Waals surface area (Å²) in [6, 6.07) is 2.50.